The van der Waals surface area contributed by atoms with Gasteiger partial charge in [-0.2, -0.15) is 0 Å². The Morgan fingerprint density at radius 1 is 0.972 bits per heavy atom. The zero-order valence-electron chi connectivity index (χ0n) is 20.4. The number of benzene rings is 3. The second-order valence-corrected chi connectivity index (χ2v) is 9.89. The van der Waals surface area contributed by atoms with E-state index in [1.807, 2.05) is 66.7 Å². The Bertz CT molecular complexity index is 1350. The van der Waals surface area contributed by atoms with Crippen LogP contribution in [0.3, 0.4) is 0 Å². The molecule has 4 aromatic rings. The number of ether oxygens (including phenoxy) is 3. The molecule has 0 radical (unpaired) electrons. The third-order valence-corrected chi connectivity index (χ3v) is 7.72. The minimum atomic E-state index is -0.229. The van der Waals surface area contributed by atoms with Gasteiger partial charge in [-0.25, -0.2) is 0 Å². The van der Waals surface area contributed by atoms with E-state index < -0.39 is 0 Å². The topological polar surface area (TPSA) is 68.2 Å². The molecule has 0 bridgehead atoms. The van der Waals surface area contributed by atoms with Crippen LogP contribution in [0.25, 0.3) is 20.5 Å². The van der Waals surface area contributed by atoms with Crippen molar-refractivity contribution in [3.8, 4) is 27.7 Å². The van der Waals surface area contributed by atoms with Gasteiger partial charge in [-0.3, -0.25) is 9.69 Å². The van der Waals surface area contributed by atoms with Gasteiger partial charge < -0.3 is 19.3 Å². The molecular formula is C29H29NO5S. The number of carbonyl (C=O) groups excluding carboxylic acids is 1. The SMILES string of the molecule is COc1ccc(-c2sc3cc(OC)ccc3c2C(=O)c2ccc(OCCN3CC[C@@H](O)C3)cc2)cc1. The van der Waals surface area contributed by atoms with Crippen LogP contribution in [0.15, 0.2) is 66.7 Å². The minimum Gasteiger partial charge on any atom is -0.497 e. The molecule has 1 aromatic heterocycles. The van der Waals surface area contributed by atoms with E-state index in [0.29, 0.717) is 24.3 Å². The summed E-state index contributed by atoms with van der Waals surface area (Å²) in [6.45, 7) is 2.91. The van der Waals surface area contributed by atoms with Crippen LogP contribution < -0.4 is 14.2 Å². The maximum atomic E-state index is 13.8. The molecule has 1 N–H and O–H groups in total. The molecule has 1 fully saturated rings. The molecule has 5 rings (SSSR count). The maximum Gasteiger partial charge on any atom is 0.195 e. The summed E-state index contributed by atoms with van der Waals surface area (Å²) in [6, 6.07) is 20.9. The van der Waals surface area contributed by atoms with Crippen LogP contribution >= 0.6 is 11.3 Å². The average molecular weight is 504 g/mol. The number of β-amino-alcohol motifs (C(OH)–C–C–N with tert-alkyl or cyclic N) is 1. The number of aliphatic hydroxyl groups is 1. The summed E-state index contributed by atoms with van der Waals surface area (Å²) in [6.07, 6.45) is 0.590. The van der Waals surface area contributed by atoms with Crippen LogP contribution in [0, 0.1) is 0 Å². The second kappa shape index (κ2) is 10.7. The maximum absolute atomic E-state index is 13.8. The van der Waals surface area contributed by atoms with Crippen LogP contribution in [0.5, 0.6) is 17.2 Å². The average Bonchev–Trinajstić information content (AvgIpc) is 3.51. The standard InChI is InChI=1S/C29H29NO5S/c1-33-22-7-5-20(6-8-22)29-27(25-12-11-24(34-2)17-26(25)36-29)28(32)19-3-9-23(10-4-19)35-16-15-30-14-13-21(31)18-30/h3-12,17,21,31H,13-16,18H2,1-2H3/t21-/m1/s1. The Hall–Kier alpha value is -3.39. The van der Waals surface area contributed by atoms with Crippen molar-refractivity contribution in [3.63, 3.8) is 0 Å². The van der Waals surface area contributed by atoms with E-state index in [4.69, 9.17) is 14.2 Å². The van der Waals surface area contributed by atoms with Gasteiger partial charge in [-0.1, -0.05) is 0 Å². The Balaban J connectivity index is 1.40. The fraction of sp³-hybridized carbons (Fsp3) is 0.276. The predicted octanol–water partition coefficient (Wildman–Crippen LogP) is 5.26. The number of methoxy groups -OCH3 is 2. The van der Waals surface area contributed by atoms with Crippen LogP contribution in [-0.2, 0) is 0 Å². The van der Waals surface area contributed by atoms with E-state index in [0.717, 1.165) is 57.3 Å². The summed E-state index contributed by atoms with van der Waals surface area (Å²) >= 11 is 1.58. The van der Waals surface area contributed by atoms with E-state index in [2.05, 4.69) is 4.90 Å². The van der Waals surface area contributed by atoms with Crippen molar-refractivity contribution in [1.29, 1.82) is 0 Å². The molecule has 3 aromatic carbocycles. The van der Waals surface area contributed by atoms with Crippen molar-refractivity contribution in [1.82, 2.24) is 4.90 Å². The number of ketones is 1. The monoisotopic (exact) mass is 503 g/mol. The first-order valence-corrected chi connectivity index (χ1v) is 12.8. The zero-order chi connectivity index (χ0) is 25.1. The Morgan fingerprint density at radius 2 is 1.67 bits per heavy atom. The van der Waals surface area contributed by atoms with Gasteiger partial charge in [-0.05, 0) is 78.7 Å². The zero-order valence-corrected chi connectivity index (χ0v) is 21.2. The molecule has 1 aliphatic rings. The van der Waals surface area contributed by atoms with Crippen molar-refractivity contribution in [2.75, 3.05) is 40.5 Å². The smallest absolute Gasteiger partial charge is 0.195 e. The van der Waals surface area contributed by atoms with E-state index >= 15 is 0 Å². The summed E-state index contributed by atoms with van der Waals surface area (Å²) in [5, 5.41) is 10.6. The van der Waals surface area contributed by atoms with Gasteiger partial charge in [0, 0.05) is 45.7 Å². The molecule has 0 aliphatic carbocycles. The molecule has 0 saturated carbocycles. The predicted molar refractivity (Wildman–Crippen MR) is 143 cm³/mol. The molecule has 1 atom stereocenters. The largest absolute Gasteiger partial charge is 0.497 e. The number of rotatable bonds is 9. The lowest BCUT2D eigenvalue weighted by molar-refractivity contribution is 0.104. The molecule has 186 valence electrons. The summed E-state index contributed by atoms with van der Waals surface area (Å²) in [7, 11) is 3.28. The fourth-order valence-electron chi connectivity index (χ4n) is 4.53. The van der Waals surface area contributed by atoms with Gasteiger partial charge in [0.15, 0.2) is 5.78 Å². The molecule has 0 spiro atoms. The van der Waals surface area contributed by atoms with Crippen LogP contribution in [-0.4, -0.2) is 62.4 Å². The number of fused-ring (bicyclic) bond motifs is 1. The quantitative estimate of drug-likeness (QED) is 0.314. The lowest BCUT2D eigenvalue weighted by Gasteiger charge is -2.15. The Kier molecular flexibility index (Phi) is 7.23. The van der Waals surface area contributed by atoms with Crippen molar-refractivity contribution in [3.05, 3.63) is 77.9 Å². The van der Waals surface area contributed by atoms with Gasteiger partial charge in [0.2, 0.25) is 0 Å². The van der Waals surface area contributed by atoms with Gasteiger partial charge in [0.1, 0.15) is 23.9 Å². The number of hydrogen-bond donors (Lipinski definition) is 1. The number of hydrogen-bond acceptors (Lipinski definition) is 7. The highest BCUT2D eigenvalue weighted by atomic mass is 32.1. The molecular weight excluding hydrogens is 474 g/mol. The Labute approximate surface area is 214 Å². The summed E-state index contributed by atoms with van der Waals surface area (Å²) < 4.78 is 17.6. The van der Waals surface area contributed by atoms with E-state index in [1.165, 1.54) is 0 Å². The fourth-order valence-corrected chi connectivity index (χ4v) is 5.76. The van der Waals surface area contributed by atoms with E-state index in [9.17, 15) is 9.90 Å². The minimum absolute atomic E-state index is 0.0326. The summed E-state index contributed by atoms with van der Waals surface area (Å²) in [5.74, 6) is 2.22. The van der Waals surface area contributed by atoms with E-state index in [1.54, 1.807) is 25.6 Å². The second-order valence-electron chi connectivity index (χ2n) is 8.84. The lowest BCUT2D eigenvalue weighted by atomic mass is 9.97. The number of likely N-dealkylation sites (tertiary alicyclic amines) is 1. The first kappa shape index (κ1) is 24.3. The van der Waals surface area contributed by atoms with Crippen molar-refractivity contribution < 1.29 is 24.1 Å². The van der Waals surface area contributed by atoms with Crippen molar-refractivity contribution in [2.24, 2.45) is 0 Å². The van der Waals surface area contributed by atoms with Gasteiger partial charge in [0.25, 0.3) is 0 Å². The number of thiophene rings is 1. The summed E-state index contributed by atoms with van der Waals surface area (Å²) in [5.41, 5.74) is 2.26. The first-order valence-electron chi connectivity index (χ1n) is 12.0. The van der Waals surface area contributed by atoms with Gasteiger partial charge in [-0.15, -0.1) is 11.3 Å². The third kappa shape index (κ3) is 5.09. The van der Waals surface area contributed by atoms with Crippen LogP contribution in [0.1, 0.15) is 22.3 Å². The third-order valence-electron chi connectivity index (χ3n) is 6.52. The highest BCUT2D eigenvalue weighted by Gasteiger charge is 2.22. The Morgan fingerprint density at radius 3 is 2.33 bits per heavy atom. The van der Waals surface area contributed by atoms with Gasteiger partial charge in [0.05, 0.1) is 20.3 Å². The van der Waals surface area contributed by atoms with Gasteiger partial charge >= 0.3 is 0 Å². The highest BCUT2D eigenvalue weighted by molar-refractivity contribution is 7.22. The van der Waals surface area contributed by atoms with Crippen LogP contribution in [0.2, 0.25) is 0 Å². The number of carbonyl (C=O) groups is 1. The first-order chi connectivity index (χ1) is 17.6. The van der Waals surface area contributed by atoms with Crippen molar-refractivity contribution >= 4 is 27.2 Å². The van der Waals surface area contributed by atoms with Crippen molar-refractivity contribution in [2.45, 2.75) is 12.5 Å². The number of aliphatic hydroxyl groups excluding tert-OH is 1. The molecule has 2 heterocycles. The highest BCUT2D eigenvalue weighted by Crippen LogP contribution is 2.41. The number of nitrogens with zero attached hydrogens (tertiary/aromatic N) is 1. The lowest BCUT2D eigenvalue weighted by Crippen LogP contribution is -2.27. The molecule has 1 aliphatic heterocycles. The molecule has 7 heteroatoms. The molecule has 6 nitrogen and oxygen atoms in total. The van der Waals surface area contributed by atoms with Crippen LogP contribution in [0.4, 0.5) is 0 Å². The molecule has 36 heavy (non-hydrogen) atoms. The normalized spacial score (nSPS) is 15.8. The van der Waals surface area contributed by atoms with E-state index in [-0.39, 0.29) is 11.9 Å². The summed E-state index contributed by atoms with van der Waals surface area (Å²) in [4.78, 5) is 16.9. The molecule has 1 saturated heterocycles. The molecule has 0 amide bonds. The molecule has 0 unspecified atom stereocenters.